The van der Waals surface area contributed by atoms with Crippen LogP contribution in [-0.2, 0) is 19.3 Å². The van der Waals surface area contributed by atoms with Gasteiger partial charge >= 0.3 is 0 Å². The van der Waals surface area contributed by atoms with Gasteiger partial charge in [-0.15, -0.1) is 0 Å². The molecule has 2 aromatic carbocycles. The third kappa shape index (κ3) is 4.96. The van der Waals surface area contributed by atoms with E-state index < -0.39 is 0 Å². The Balaban J connectivity index is 1.67. The molecule has 0 bridgehead atoms. The van der Waals surface area contributed by atoms with Crippen LogP contribution in [0.1, 0.15) is 123 Å². The molecule has 0 heteroatoms. The maximum Gasteiger partial charge on any atom is 0.0194 e. The molecule has 0 saturated heterocycles. The zero-order valence-corrected chi connectivity index (χ0v) is 30.0. The summed E-state index contributed by atoms with van der Waals surface area (Å²) >= 11 is 0. The van der Waals surface area contributed by atoms with Crippen LogP contribution in [0.2, 0.25) is 0 Å². The molecule has 0 aromatic heterocycles. The van der Waals surface area contributed by atoms with Gasteiger partial charge in [0.25, 0.3) is 0 Å². The minimum atomic E-state index is -0.127. The number of fused-ring (bicyclic) bond motifs is 3. The second-order valence-electron chi connectivity index (χ2n) is 16.7. The molecule has 0 unspecified atom stereocenters. The highest BCUT2D eigenvalue weighted by Gasteiger charge is 2.59. The first-order valence-corrected chi connectivity index (χ1v) is 17.1. The van der Waals surface area contributed by atoms with Gasteiger partial charge in [0.2, 0.25) is 0 Å². The number of hydrogen-bond acceptors (Lipinski definition) is 0. The van der Waals surface area contributed by atoms with Crippen LogP contribution in [-0.4, -0.2) is 0 Å². The van der Waals surface area contributed by atoms with Gasteiger partial charge in [-0.3, -0.25) is 0 Å². The van der Waals surface area contributed by atoms with E-state index in [0.29, 0.717) is 5.41 Å². The second-order valence-corrected chi connectivity index (χ2v) is 16.7. The van der Waals surface area contributed by atoms with E-state index in [9.17, 15) is 0 Å². The zero-order chi connectivity index (χ0) is 32.6. The van der Waals surface area contributed by atoms with Crippen LogP contribution < -0.4 is 0 Å². The van der Waals surface area contributed by atoms with E-state index in [4.69, 9.17) is 13.2 Å². The van der Waals surface area contributed by atoms with Gasteiger partial charge < -0.3 is 0 Å². The quantitative estimate of drug-likeness (QED) is 0.316. The average molecular weight is 587 g/mol. The van der Waals surface area contributed by atoms with Crippen molar-refractivity contribution in [2.45, 2.75) is 121 Å². The highest BCUT2D eigenvalue weighted by atomic mass is 14.6. The van der Waals surface area contributed by atoms with Gasteiger partial charge in [-0.2, -0.15) is 0 Å². The molecule has 0 radical (unpaired) electrons. The Morgan fingerprint density at radius 2 is 1.61 bits per heavy atom. The third-order valence-electron chi connectivity index (χ3n) is 12.1. The molecular formula is C44H58. The predicted octanol–water partition coefficient (Wildman–Crippen LogP) is 12.8. The van der Waals surface area contributed by atoms with Crippen LogP contribution in [0.4, 0.5) is 0 Å². The fourth-order valence-electron chi connectivity index (χ4n) is 9.95. The van der Waals surface area contributed by atoms with E-state index in [-0.39, 0.29) is 16.2 Å². The van der Waals surface area contributed by atoms with Gasteiger partial charge in [0.05, 0.1) is 0 Å². The van der Waals surface area contributed by atoms with Crippen LogP contribution in [0.25, 0.3) is 16.7 Å². The van der Waals surface area contributed by atoms with Crippen molar-refractivity contribution in [1.82, 2.24) is 0 Å². The van der Waals surface area contributed by atoms with E-state index >= 15 is 0 Å². The summed E-state index contributed by atoms with van der Waals surface area (Å²) in [6, 6.07) is 12.1. The summed E-state index contributed by atoms with van der Waals surface area (Å²) < 4.78 is 0. The minimum Gasteiger partial charge on any atom is -0.0955 e. The van der Waals surface area contributed by atoms with Crippen molar-refractivity contribution in [2.75, 3.05) is 0 Å². The van der Waals surface area contributed by atoms with Gasteiger partial charge in [-0.1, -0.05) is 115 Å². The fourth-order valence-corrected chi connectivity index (χ4v) is 9.95. The maximum atomic E-state index is 4.92. The van der Waals surface area contributed by atoms with Crippen LogP contribution in [0.15, 0.2) is 83.5 Å². The van der Waals surface area contributed by atoms with Crippen molar-refractivity contribution in [3.8, 4) is 11.1 Å². The van der Waals surface area contributed by atoms with E-state index in [1.807, 2.05) is 0 Å². The van der Waals surface area contributed by atoms with Crippen LogP contribution in [0.3, 0.4) is 0 Å². The summed E-state index contributed by atoms with van der Waals surface area (Å²) in [6.07, 6.45) is 7.92. The largest absolute Gasteiger partial charge is 0.0955 e. The highest BCUT2D eigenvalue weighted by Crippen LogP contribution is 2.70. The van der Waals surface area contributed by atoms with E-state index in [0.717, 1.165) is 37.7 Å². The Labute approximate surface area is 270 Å². The number of hydrogen-bond donors (Lipinski definition) is 0. The Bertz CT molecular complexity index is 1640. The molecule has 234 valence electrons. The molecule has 2 aromatic rings. The number of rotatable bonds is 6. The van der Waals surface area contributed by atoms with Crippen LogP contribution >= 0.6 is 0 Å². The van der Waals surface area contributed by atoms with Crippen molar-refractivity contribution in [2.24, 2.45) is 21.7 Å². The van der Waals surface area contributed by atoms with Gasteiger partial charge in [0, 0.05) is 5.41 Å². The van der Waals surface area contributed by atoms with Crippen LogP contribution in [0, 0.1) is 28.6 Å². The molecule has 0 heterocycles. The molecule has 5 rings (SSSR count). The Hall–Kier alpha value is -2.86. The first-order valence-electron chi connectivity index (χ1n) is 17.1. The maximum absolute atomic E-state index is 4.92. The molecule has 3 aliphatic carbocycles. The SMILES string of the molecule is C=C(C)C1=C(C)C[C@@]2(C)C[C@@]3(C)Cc4c(-c5cc(CCCC(C)(C)C)ccc5CC)ccc(C)c4C(=C)C3=C(C)[C@@]2(C)C1=C. The average Bonchev–Trinajstić information content (AvgIpc) is 2.89. The Kier molecular flexibility index (Phi) is 8.05. The Morgan fingerprint density at radius 3 is 2.23 bits per heavy atom. The van der Waals surface area contributed by atoms with E-state index in [2.05, 4.69) is 113 Å². The van der Waals surface area contributed by atoms with Gasteiger partial charge in [0.1, 0.15) is 0 Å². The lowest BCUT2D eigenvalue weighted by Crippen LogP contribution is -2.52. The summed E-state index contributed by atoms with van der Waals surface area (Å²) in [6.45, 7) is 40.2. The van der Waals surface area contributed by atoms with Gasteiger partial charge in [0.15, 0.2) is 0 Å². The number of benzene rings is 2. The molecule has 0 nitrogen and oxygen atoms in total. The molecule has 0 fully saturated rings. The zero-order valence-electron chi connectivity index (χ0n) is 30.0. The monoisotopic (exact) mass is 586 g/mol. The molecule has 0 N–H and O–H groups in total. The number of aryl methyl sites for hydroxylation is 3. The highest BCUT2D eigenvalue weighted by molar-refractivity contribution is 5.90. The first-order chi connectivity index (χ1) is 20.4. The summed E-state index contributed by atoms with van der Waals surface area (Å²) in [7, 11) is 0. The summed E-state index contributed by atoms with van der Waals surface area (Å²) in [4.78, 5) is 0. The normalized spacial score (nSPS) is 26.9. The fraction of sp³-hybridized carbons (Fsp3) is 0.500. The second kappa shape index (κ2) is 10.9. The van der Waals surface area contributed by atoms with Gasteiger partial charge in [-0.25, -0.2) is 0 Å². The van der Waals surface area contributed by atoms with Crippen molar-refractivity contribution in [1.29, 1.82) is 0 Å². The Morgan fingerprint density at radius 1 is 0.932 bits per heavy atom. The third-order valence-corrected chi connectivity index (χ3v) is 12.1. The molecule has 44 heavy (non-hydrogen) atoms. The predicted molar refractivity (Wildman–Crippen MR) is 194 cm³/mol. The molecular weight excluding hydrogens is 528 g/mol. The molecule has 3 atom stereocenters. The van der Waals surface area contributed by atoms with E-state index in [1.54, 1.807) is 0 Å². The summed E-state index contributed by atoms with van der Waals surface area (Å²) in [5, 5.41) is 0. The minimum absolute atomic E-state index is 0.0168. The summed E-state index contributed by atoms with van der Waals surface area (Å²) in [5.41, 5.74) is 19.7. The first kappa shape index (κ1) is 32.5. The smallest absolute Gasteiger partial charge is 0.0194 e. The molecule has 0 spiro atoms. The standard InChI is InChI=1S/C44H58/c1-15-34-20-19-33(17-16-22-41(9,10)11)23-36(34)35-21-18-28(4)39-30(6)40-32(8)44(14)31(7)38(27(2)3)29(5)24-43(44,13)26-42(40,12)25-37(35)39/h18-21,23H,2,6-7,15-17,22,24-26H2,1,3-5,8-14H3/t42-,43+,44-/m1/s1. The summed E-state index contributed by atoms with van der Waals surface area (Å²) in [5.74, 6) is 0. The molecule has 0 aliphatic heterocycles. The molecule has 3 aliphatic rings. The van der Waals surface area contributed by atoms with Crippen molar-refractivity contribution >= 4 is 5.57 Å². The lowest BCUT2D eigenvalue weighted by molar-refractivity contribution is 0.0544. The van der Waals surface area contributed by atoms with Crippen molar-refractivity contribution < 1.29 is 0 Å². The molecule has 0 saturated carbocycles. The lowest BCUT2D eigenvalue weighted by Gasteiger charge is -2.62. The van der Waals surface area contributed by atoms with Crippen molar-refractivity contribution in [3.63, 3.8) is 0 Å². The van der Waals surface area contributed by atoms with Gasteiger partial charge in [-0.05, 0) is 150 Å². The van der Waals surface area contributed by atoms with E-state index in [1.165, 1.54) is 85.2 Å². The van der Waals surface area contributed by atoms with Crippen molar-refractivity contribution in [3.05, 3.63) is 111 Å². The van der Waals surface area contributed by atoms with Crippen LogP contribution in [0.5, 0.6) is 0 Å². The number of allylic oxidation sites excluding steroid dienone is 7. The topological polar surface area (TPSA) is 0 Å². The lowest BCUT2D eigenvalue weighted by atomic mass is 9.41. The molecule has 0 amide bonds.